The third-order valence-corrected chi connectivity index (χ3v) is 1.42. The molecule has 0 atom stereocenters. The third-order valence-electron chi connectivity index (χ3n) is 1.42. The van der Waals surface area contributed by atoms with Crippen molar-refractivity contribution >= 4 is 5.69 Å². The minimum Gasteiger partial charge on any atom is -0.394 e. The second-order valence-corrected chi connectivity index (χ2v) is 2.13. The Kier molecular flexibility index (Phi) is 2.03. The lowest BCUT2D eigenvalue weighted by atomic mass is 10.2. The van der Waals surface area contributed by atoms with Gasteiger partial charge in [-0.2, -0.15) is 0 Å². The number of aryl methyl sites for hydroxylation is 1. The molecule has 0 aliphatic carbocycles. The molecule has 11 heavy (non-hydrogen) atoms. The standard InChI is InChI=1S/C7H8F2N2/c1-2-5-6(9)7(10)4(8)3-11-5/h3H,2H2,1H3,(H2,10,11). The van der Waals surface area contributed by atoms with Crippen LogP contribution in [-0.2, 0) is 6.42 Å². The van der Waals surface area contributed by atoms with Gasteiger partial charge in [0.25, 0.3) is 0 Å². The number of anilines is 1. The Bertz CT molecular complexity index is 273. The van der Waals surface area contributed by atoms with Gasteiger partial charge in [-0.3, -0.25) is 4.98 Å². The molecule has 1 rings (SSSR count). The summed E-state index contributed by atoms with van der Waals surface area (Å²) in [6.07, 6.45) is 1.34. The van der Waals surface area contributed by atoms with Crippen molar-refractivity contribution in [1.29, 1.82) is 0 Å². The fraction of sp³-hybridized carbons (Fsp3) is 0.286. The van der Waals surface area contributed by atoms with Crippen LogP contribution in [0.5, 0.6) is 0 Å². The third kappa shape index (κ3) is 1.29. The van der Waals surface area contributed by atoms with E-state index in [1.807, 2.05) is 0 Å². The number of hydrogen-bond donors (Lipinski definition) is 1. The lowest BCUT2D eigenvalue weighted by molar-refractivity contribution is 0.568. The first-order chi connectivity index (χ1) is 5.16. The van der Waals surface area contributed by atoms with Gasteiger partial charge in [0.1, 0.15) is 5.69 Å². The largest absolute Gasteiger partial charge is 0.394 e. The monoisotopic (exact) mass is 158 g/mol. The van der Waals surface area contributed by atoms with Crippen molar-refractivity contribution in [1.82, 2.24) is 4.98 Å². The maximum atomic E-state index is 12.8. The van der Waals surface area contributed by atoms with E-state index in [1.54, 1.807) is 6.92 Å². The highest BCUT2D eigenvalue weighted by Gasteiger charge is 2.09. The molecule has 4 heteroatoms. The molecule has 0 aliphatic rings. The van der Waals surface area contributed by atoms with Crippen molar-refractivity contribution in [3.8, 4) is 0 Å². The van der Waals surface area contributed by atoms with Gasteiger partial charge in [0.2, 0.25) is 0 Å². The first-order valence-corrected chi connectivity index (χ1v) is 3.25. The number of hydrogen-bond acceptors (Lipinski definition) is 2. The van der Waals surface area contributed by atoms with Crippen LogP contribution in [0.4, 0.5) is 14.5 Å². The van der Waals surface area contributed by atoms with Crippen LogP contribution in [0.3, 0.4) is 0 Å². The van der Waals surface area contributed by atoms with Gasteiger partial charge in [0.05, 0.1) is 11.9 Å². The predicted molar refractivity (Wildman–Crippen MR) is 37.9 cm³/mol. The maximum absolute atomic E-state index is 12.8. The number of pyridine rings is 1. The Morgan fingerprint density at radius 2 is 2.18 bits per heavy atom. The van der Waals surface area contributed by atoms with Crippen LogP contribution in [-0.4, -0.2) is 4.98 Å². The van der Waals surface area contributed by atoms with Gasteiger partial charge in [0.15, 0.2) is 11.6 Å². The molecule has 0 amide bonds. The van der Waals surface area contributed by atoms with E-state index in [0.717, 1.165) is 6.20 Å². The Balaban J connectivity index is 3.25. The molecule has 60 valence electrons. The first-order valence-electron chi connectivity index (χ1n) is 3.25. The van der Waals surface area contributed by atoms with Gasteiger partial charge in [-0.15, -0.1) is 0 Å². The summed E-state index contributed by atoms with van der Waals surface area (Å²) in [5, 5.41) is 0. The Morgan fingerprint density at radius 1 is 1.55 bits per heavy atom. The molecule has 0 radical (unpaired) electrons. The van der Waals surface area contributed by atoms with Crippen LogP contribution in [0.15, 0.2) is 6.20 Å². The summed E-state index contributed by atoms with van der Waals surface area (Å²) in [4.78, 5) is 3.53. The summed E-state index contributed by atoms with van der Waals surface area (Å²) in [5.41, 5.74) is 4.82. The second-order valence-electron chi connectivity index (χ2n) is 2.13. The van der Waals surface area contributed by atoms with Crippen LogP contribution in [0.1, 0.15) is 12.6 Å². The summed E-state index contributed by atoms with van der Waals surface area (Å²) in [6, 6.07) is 0. The van der Waals surface area contributed by atoms with Crippen molar-refractivity contribution in [2.45, 2.75) is 13.3 Å². The van der Waals surface area contributed by atoms with Gasteiger partial charge in [0, 0.05) is 0 Å². The van der Waals surface area contributed by atoms with E-state index in [0.29, 0.717) is 6.42 Å². The molecule has 0 bridgehead atoms. The Labute approximate surface area is 63.1 Å². The fourth-order valence-corrected chi connectivity index (χ4v) is 0.768. The molecule has 0 aliphatic heterocycles. The van der Waals surface area contributed by atoms with E-state index in [9.17, 15) is 8.78 Å². The lowest BCUT2D eigenvalue weighted by Crippen LogP contribution is -2.01. The van der Waals surface area contributed by atoms with Crippen molar-refractivity contribution in [2.75, 3.05) is 5.73 Å². The minimum atomic E-state index is -0.806. The van der Waals surface area contributed by atoms with Crippen molar-refractivity contribution in [3.05, 3.63) is 23.5 Å². The number of rotatable bonds is 1. The summed E-state index contributed by atoms with van der Waals surface area (Å²) < 4.78 is 25.3. The van der Waals surface area contributed by atoms with Crippen LogP contribution in [0.2, 0.25) is 0 Å². The fourth-order valence-electron chi connectivity index (χ4n) is 0.768. The maximum Gasteiger partial charge on any atom is 0.170 e. The topological polar surface area (TPSA) is 38.9 Å². The van der Waals surface area contributed by atoms with E-state index < -0.39 is 17.3 Å². The quantitative estimate of drug-likeness (QED) is 0.672. The molecule has 0 unspecified atom stereocenters. The zero-order chi connectivity index (χ0) is 8.43. The summed E-state index contributed by atoms with van der Waals surface area (Å²) >= 11 is 0. The molecule has 1 aromatic heterocycles. The highest BCUT2D eigenvalue weighted by atomic mass is 19.1. The summed E-state index contributed by atoms with van der Waals surface area (Å²) in [5.74, 6) is -1.55. The minimum absolute atomic E-state index is 0.198. The van der Waals surface area contributed by atoms with E-state index in [-0.39, 0.29) is 5.69 Å². The molecule has 0 fully saturated rings. The van der Waals surface area contributed by atoms with E-state index in [2.05, 4.69) is 4.98 Å². The van der Waals surface area contributed by atoms with E-state index >= 15 is 0 Å². The van der Waals surface area contributed by atoms with E-state index in [1.165, 1.54) is 0 Å². The number of nitrogens with zero attached hydrogens (tertiary/aromatic N) is 1. The van der Waals surface area contributed by atoms with Crippen molar-refractivity contribution in [2.24, 2.45) is 0 Å². The number of aromatic nitrogens is 1. The SMILES string of the molecule is CCc1ncc(F)c(N)c1F. The molecule has 0 aromatic carbocycles. The molecule has 2 N–H and O–H groups in total. The number of nitrogen functional groups attached to an aromatic ring is 1. The smallest absolute Gasteiger partial charge is 0.170 e. The Morgan fingerprint density at radius 3 is 2.73 bits per heavy atom. The predicted octanol–water partition coefficient (Wildman–Crippen LogP) is 1.50. The lowest BCUT2D eigenvalue weighted by Gasteiger charge is -2.01. The summed E-state index contributed by atoms with van der Waals surface area (Å²) in [7, 11) is 0. The van der Waals surface area contributed by atoms with Crippen molar-refractivity contribution in [3.63, 3.8) is 0 Å². The average Bonchev–Trinajstić information content (AvgIpc) is 2.01. The van der Waals surface area contributed by atoms with Crippen LogP contribution >= 0.6 is 0 Å². The average molecular weight is 158 g/mol. The van der Waals surface area contributed by atoms with Crippen molar-refractivity contribution < 1.29 is 8.78 Å². The molecule has 0 saturated carbocycles. The highest BCUT2D eigenvalue weighted by Crippen LogP contribution is 2.16. The molecule has 0 spiro atoms. The first kappa shape index (κ1) is 7.91. The van der Waals surface area contributed by atoms with Crippen LogP contribution < -0.4 is 5.73 Å². The molecular formula is C7H8F2N2. The van der Waals surface area contributed by atoms with Gasteiger partial charge in [-0.05, 0) is 6.42 Å². The molecule has 1 aromatic rings. The second kappa shape index (κ2) is 2.82. The van der Waals surface area contributed by atoms with E-state index in [4.69, 9.17) is 5.73 Å². The zero-order valence-electron chi connectivity index (χ0n) is 6.06. The molecular weight excluding hydrogens is 150 g/mol. The van der Waals surface area contributed by atoms with Gasteiger partial charge >= 0.3 is 0 Å². The van der Waals surface area contributed by atoms with Crippen LogP contribution in [0, 0.1) is 11.6 Å². The molecule has 1 heterocycles. The van der Waals surface area contributed by atoms with Gasteiger partial charge in [-0.25, -0.2) is 8.78 Å². The van der Waals surface area contributed by atoms with Gasteiger partial charge in [-0.1, -0.05) is 6.92 Å². The normalized spacial score (nSPS) is 10.1. The van der Waals surface area contributed by atoms with Gasteiger partial charge < -0.3 is 5.73 Å². The molecule has 0 saturated heterocycles. The highest BCUT2D eigenvalue weighted by molar-refractivity contribution is 5.41. The molecule has 2 nitrogen and oxygen atoms in total. The zero-order valence-corrected chi connectivity index (χ0v) is 6.06. The summed E-state index contributed by atoms with van der Waals surface area (Å²) in [6.45, 7) is 1.72. The number of nitrogens with two attached hydrogens (primary N) is 1. The van der Waals surface area contributed by atoms with Crippen LogP contribution in [0.25, 0.3) is 0 Å². The number of halogens is 2. The Hall–Kier alpha value is -1.19.